The zero-order valence-electron chi connectivity index (χ0n) is 15.7. The average Bonchev–Trinajstić information content (AvgIpc) is 3.08. The minimum Gasteiger partial charge on any atom is -0.458 e. The number of aliphatic hydroxyl groups is 1. The van der Waals surface area contributed by atoms with Crippen molar-refractivity contribution in [3.8, 4) is 11.4 Å². The molecule has 2 aromatic heterocycles. The van der Waals surface area contributed by atoms with Crippen LogP contribution in [0.3, 0.4) is 0 Å². The summed E-state index contributed by atoms with van der Waals surface area (Å²) >= 11 is 6.47. The van der Waals surface area contributed by atoms with E-state index >= 15 is 0 Å². The van der Waals surface area contributed by atoms with Crippen LogP contribution in [0.5, 0.6) is 0 Å². The van der Waals surface area contributed by atoms with Crippen LogP contribution in [0.4, 0.5) is 0 Å². The van der Waals surface area contributed by atoms with Crippen molar-refractivity contribution in [3.05, 3.63) is 60.9 Å². The number of esters is 1. The summed E-state index contributed by atoms with van der Waals surface area (Å²) in [4.78, 5) is 29.8. The topological polar surface area (TPSA) is 81.4 Å². The molecule has 4 heterocycles. The van der Waals surface area contributed by atoms with Crippen molar-refractivity contribution in [3.63, 3.8) is 0 Å². The molecule has 1 atom stereocenters. The Morgan fingerprint density at radius 2 is 1.97 bits per heavy atom. The molecular weight excluding hydrogens is 392 g/mol. The molecule has 0 bridgehead atoms. The molecule has 2 aliphatic heterocycles. The molecule has 0 spiro atoms. The minimum atomic E-state index is -1.44. The highest BCUT2D eigenvalue weighted by Crippen LogP contribution is 2.42. The highest BCUT2D eigenvalue weighted by Gasteiger charge is 2.35. The van der Waals surface area contributed by atoms with Crippen LogP contribution in [0.25, 0.3) is 22.3 Å². The third kappa shape index (κ3) is 2.13. The summed E-state index contributed by atoms with van der Waals surface area (Å²) in [5.41, 5.74) is 7.29. The van der Waals surface area contributed by atoms with Gasteiger partial charge >= 0.3 is 5.97 Å². The molecular formula is C22H17ClN2O4. The van der Waals surface area contributed by atoms with E-state index < -0.39 is 12.1 Å². The SMILES string of the molecule is Cc1c(Cl)cc2nc3c(c4c2c1CCC4)Cn1c-3cc2c(c1=O)COC(=O)C2O. The third-order valence-electron chi connectivity index (χ3n) is 6.54. The number of pyridine rings is 2. The van der Waals surface area contributed by atoms with E-state index in [9.17, 15) is 14.7 Å². The van der Waals surface area contributed by atoms with Gasteiger partial charge in [-0.25, -0.2) is 9.78 Å². The Bertz CT molecular complexity index is 1340. The molecule has 146 valence electrons. The van der Waals surface area contributed by atoms with Crippen molar-refractivity contribution in [2.75, 3.05) is 0 Å². The maximum atomic E-state index is 13.1. The highest BCUT2D eigenvalue weighted by atomic mass is 35.5. The van der Waals surface area contributed by atoms with E-state index in [-0.39, 0.29) is 12.2 Å². The van der Waals surface area contributed by atoms with E-state index in [1.165, 1.54) is 16.5 Å². The van der Waals surface area contributed by atoms with E-state index in [1.807, 2.05) is 13.0 Å². The predicted molar refractivity (Wildman–Crippen MR) is 107 cm³/mol. The summed E-state index contributed by atoms with van der Waals surface area (Å²) in [5, 5.41) is 12.1. The number of aromatic nitrogens is 2. The van der Waals surface area contributed by atoms with E-state index in [1.54, 1.807) is 10.6 Å². The van der Waals surface area contributed by atoms with E-state index in [4.69, 9.17) is 21.3 Å². The fourth-order valence-electron chi connectivity index (χ4n) is 5.06. The van der Waals surface area contributed by atoms with Crippen LogP contribution in [0.1, 0.15) is 45.9 Å². The van der Waals surface area contributed by atoms with E-state index in [0.29, 0.717) is 28.4 Å². The van der Waals surface area contributed by atoms with Gasteiger partial charge in [0.25, 0.3) is 5.56 Å². The lowest BCUT2D eigenvalue weighted by Crippen LogP contribution is -2.32. The van der Waals surface area contributed by atoms with Crippen molar-refractivity contribution in [1.29, 1.82) is 0 Å². The second-order valence-electron chi connectivity index (χ2n) is 7.99. The number of cyclic esters (lactones) is 1. The molecule has 1 aliphatic carbocycles. The number of ether oxygens (including phenoxy) is 1. The molecule has 7 heteroatoms. The van der Waals surface area contributed by atoms with Crippen LogP contribution < -0.4 is 5.56 Å². The lowest BCUT2D eigenvalue weighted by atomic mass is 9.85. The number of carbonyl (C=O) groups excluding carboxylic acids is 1. The first-order valence-electron chi connectivity index (χ1n) is 9.71. The van der Waals surface area contributed by atoms with Crippen molar-refractivity contribution < 1.29 is 14.6 Å². The zero-order chi connectivity index (χ0) is 20.0. The maximum Gasteiger partial charge on any atom is 0.340 e. The first-order chi connectivity index (χ1) is 14.0. The summed E-state index contributed by atoms with van der Waals surface area (Å²) in [6.45, 7) is 2.38. The number of nitrogens with zero attached hydrogens (tertiary/aromatic N) is 2. The van der Waals surface area contributed by atoms with Crippen LogP contribution in [0.15, 0.2) is 16.9 Å². The normalized spacial score (nSPS) is 19.0. The van der Waals surface area contributed by atoms with Gasteiger partial charge in [0, 0.05) is 21.5 Å². The van der Waals surface area contributed by atoms with Gasteiger partial charge in [0.1, 0.15) is 6.61 Å². The molecule has 1 unspecified atom stereocenters. The molecule has 6 nitrogen and oxygen atoms in total. The number of halogens is 1. The predicted octanol–water partition coefficient (Wildman–Crippen LogP) is 2.97. The minimum absolute atomic E-state index is 0.109. The van der Waals surface area contributed by atoms with Gasteiger partial charge in [-0.15, -0.1) is 0 Å². The summed E-state index contributed by atoms with van der Waals surface area (Å²) in [7, 11) is 0. The standard InChI is InChI=1S/C22H17ClN2O4/c1-9-10-3-2-4-11-13-7-25-17(19(13)24-16(18(10)11)6-15(9)23)5-12-14(21(25)27)8-29-22(28)20(12)26/h5-6,20,26H,2-4,7-8H2,1H3. The number of benzene rings is 1. The number of hydrogen-bond donors (Lipinski definition) is 1. The Morgan fingerprint density at radius 1 is 1.17 bits per heavy atom. The maximum absolute atomic E-state index is 13.1. The molecule has 1 aromatic carbocycles. The quantitative estimate of drug-likeness (QED) is 0.452. The smallest absolute Gasteiger partial charge is 0.340 e. The molecule has 6 rings (SSSR count). The second kappa shape index (κ2) is 5.68. The van der Waals surface area contributed by atoms with Crippen molar-refractivity contribution in [2.24, 2.45) is 0 Å². The second-order valence-corrected chi connectivity index (χ2v) is 8.40. The van der Waals surface area contributed by atoms with Gasteiger partial charge in [0.15, 0.2) is 6.10 Å². The number of aliphatic hydroxyl groups excluding tert-OH is 1. The van der Waals surface area contributed by atoms with Gasteiger partial charge in [-0.2, -0.15) is 0 Å². The average molecular weight is 409 g/mol. The lowest BCUT2D eigenvalue weighted by Gasteiger charge is -2.22. The van der Waals surface area contributed by atoms with Gasteiger partial charge in [0.05, 0.1) is 29.0 Å². The highest BCUT2D eigenvalue weighted by molar-refractivity contribution is 6.32. The van der Waals surface area contributed by atoms with Crippen LogP contribution in [0, 0.1) is 6.92 Å². The van der Waals surface area contributed by atoms with Crippen molar-refractivity contribution >= 4 is 28.5 Å². The Hall–Kier alpha value is -2.70. The van der Waals surface area contributed by atoms with Gasteiger partial charge in [0.2, 0.25) is 0 Å². The fraction of sp³-hybridized carbons (Fsp3) is 0.318. The number of hydrogen-bond acceptors (Lipinski definition) is 5. The van der Waals surface area contributed by atoms with Gasteiger partial charge in [-0.05, 0) is 55.0 Å². The number of rotatable bonds is 0. The number of aryl methyl sites for hydroxylation is 2. The van der Waals surface area contributed by atoms with Crippen molar-refractivity contribution in [2.45, 2.75) is 45.4 Å². The third-order valence-corrected chi connectivity index (χ3v) is 6.93. The Labute approximate surface area is 170 Å². The summed E-state index contributed by atoms with van der Waals surface area (Å²) in [6.07, 6.45) is 1.50. The fourth-order valence-corrected chi connectivity index (χ4v) is 5.28. The number of carbonyl (C=O) groups is 1. The van der Waals surface area contributed by atoms with Gasteiger partial charge < -0.3 is 14.4 Å². The molecule has 0 saturated heterocycles. The van der Waals surface area contributed by atoms with Crippen molar-refractivity contribution in [1.82, 2.24) is 9.55 Å². The van der Waals surface area contributed by atoms with Crippen LogP contribution >= 0.6 is 11.6 Å². The van der Waals surface area contributed by atoms with E-state index in [2.05, 4.69) is 0 Å². The van der Waals surface area contributed by atoms with Crippen LogP contribution in [0.2, 0.25) is 5.02 Å². The molecule has 1 N–H and O–H groups in total. The number of fused-ring (bicyclic) bond motifs is 5. The lowest BCUT2D eigenvalue weighted by molar-refractivity contribution is -0.157. The molecule has 3 aliphatic rings. The monoisotopic (exact) mass is 408 g/mol. The molecule has 0 saturated carbocycles. The summed E-state index contributed by atoms with van der Waals surface area (Å²) in [5.74, 6) is -0.728. The Kier molecular flexibility index (Phi) is 3.36. The summed E-state index contributed by atoms with van der Waals surface area (Å²) < 4.78 is 6.64. The molecule has 0 fully saturated rings. The Morgan fingerprint density at radius 3 is 2.79 bits per heavy atom. The zero-order valence-corrected chi connectivity index (χ0v) is 16.5. The van der Waals surface area contributed by atoms with Gasteiger partial charge in [-0.1, -0.05) is 11.6 Å². The molecule has 0 radical (unpaired) electrons. The first kappa shape index (κ1) is 17.2. The largest absolute Gasteiger partial charge is 0.458 e. The van der Waals surface area contributed by atoms with E-state index in [0.717, 1.165) is 41.6 Å². The first-order valence-corrected chi connectivity index (χ1v) is 10.1. The Balaban J connectivity index is 1.68. The van der Waals surface area contributed by atoms with Gasteiger partial charge in [-0.3, -0.25) is 4.79 Å². The molecule has 3 aromatic rings. The van der Waals surface area contributed by atoms with Crippen LogP contribution in [-0.4, -0.2) is 20.6 Å². The molecule has 0 amide bonds. The van der Waals surface area contributed by atoms with Crippen LogP contribution in [-0.2, 0) is 35.5 Å². The summed E-state index contributed by atoms with van der Waals surface area (Å²) in [6, 6.07) is 3.62. The molecule has 29 heavy (non-hydrogen) atoms.